The fraction of sp³-hybridized carbons (Fsp3) is 0.478. The average molecular weight is 613 g/mol. The minimum Gasteiger partial charge on any atom is -0.476 e. The van der Waals surface area contributed by atoms with E-state index in [4.69, 9.17) is 20.4 Å². The van der Waals surface area contributed by atoms with Crippen molar-refractivity contribution in [1.82, 2.24) is 13.6 Å². The van der Waals surface area contributed by atoms with Crippen molar-refractivity contribution < 1.29 is 49.0 Å². The van der Waals surface area contributed by atoms with Crippen LogP contribution in [0.4, 0.5) is 17.6 Å². The lowest BCUT2D eigenvalue weighted by atomic mass is 9.96. The molecule has 0 bridgehead atoms. The van der Waals surface area contributed by atoms with E-state index in [-0.39, 0.29) is 49.5 Å². The molecular weight excluding hydrogens is 584 g/mol. The Balaban J connectivity index is 0.000000559. The second kappa shape index (κ2) is 12.8. The molecule has 0 spiro atoms. The van der Waals surface area contributed by atoms with Crippen LogP contribution >= 0.6 is 0 Å². The second-order valence-corrected chi connectivity index (χ2v) is 13.2. The summed E-state index contributed by atoms with van der Waals surface area (Å²) in [6, 6.07) is 9.21. The first-order valence-electron chi connectivity index (χ1n) is 11.9. The van der Waals surface area contributed by atoms with Crippen LogP contribution in [0, 0.1) is 5.82 Å². The molecule has 2 fully saturated rings. The van der Waals surface area contributed by atoms with Crippen LogP contribution in [0.2, 0.25) is 0 Å². The summed E-state index contributed by atoms with van der Waals surface area (Å²) in [5.41, 5.74) is 6.94. The van der Waals surface area contributed by atoms with Crippen molar-refractivity contribution >= 4 is 26.0 Å². The van der Waals surface area contributed by atoms with E-state index in [1.54, 1.807) is 36.5 Å². The highest BCUT2D eigenvalue weighted by molar-refractivity contribution is 7.91. The first-order chi connectivity index (χ1) is 18.6. The smallest absolute Gasteiger partial charge is 0.476 e. The molecule has 0 saturated carbocycles. The molecule has 0 radical (unpaired) electrons. The van der Waals surface area contributed by atoms with Gasteiger partial charge in [0, 0.05) is 44.4 Å². The van der Waals surface area contributed by atoms with Gasteiger partial charge in [-0.25, -0.2) is 22.6 Å². The highest BCUT2D eigenvalue weighted by Crippen LogP contribution is 2.36. The van der Waals surface area contributed by atoms with Gasteiger partial charge in [0.1, 0.15) is 12.4 Å². The fourth-order valence-corrected chi connectivity index (χ4v) is 7.53. The van der Waals surface area contributed by atoms with Crippen molar-refractivity contribution in [2.75, 3.05) is 37.7 Å². The normalized spacial score (nSPS) is 21.8. The maximum atomic E-state index is 14.5. The lowest BCUT2D eigenvalue weighted by Crippen LogP contribution is -2.52. The van der Waals surface area contributed by atoms with Gasteiger partial charge in [0.25, 0.3) is 10.2 Å². The van der Waals surface area contributed by atoms with Crippen molar-refractivity contribution in [1.29, 1.82) is 0 Å². The number of nitrogens with two attached hydrogens (primary N) is 1. The quantitative estimate of drug-likeness (QED) is 0.442. The predicted octanol–water partition coefficient (Wildman–Crippen LogP) is 1.52. The molecule has 0 unspecified atom stereocenters. The molecule has 3 heterocycles. The van der Waals surface area contributed by atoms with Gasteiger partial charge < -0.3 is 15.6 Å². The maximum absolute atomic E-state index is 14.5. The number of benzene rings is 1. The van der Waals surface area contributed by atoms with Crippen LogP contribution in [0.1, 0.15) is 23.5 Å². The minimum absolute atomic E-state index is 0.0251. The largest absolute Gasteiger partial charge is 0.490 e. The average Bonchev–Trinajstić information content (AvgIpc) is 3.32. The summed E-state index contributed by atoms with van der Waals surface area (Å²) in [6.45, 7) is 0.225. The molecule has 0 aliphatic carbocycles. The number of carbonyl (C=O) groups is 1. The number of ether oxygens (including phenoxy) is 1. The van der Waals surface area contributed by atoms with Gasteiger partial charge in [-0.15, -0.1) is 0 Å². The number of pyridine rings is 1. The van der Waals surface area contributed by atoms with E-state index in [0.29, 0.717) is 24.4 Å². The molecule has 2 aromatic rings. The van der Waals surface area contributed by atoms with E-state index in [0.717, 1.165) is 5.56 Å². The predicted molar refractivity (Wildman–Crippen MR) is 135 cm³/mol. The number of hydrogen-bond acceptors (Lipinski definition) is 8. The number of hydrogen-bond donors (Lipinski definition) is 2. The van der Waals surface area contributed by atoms with Crippen molar-refractivity contribution in [2.45, 2.75) is 31.1 Å². The lowest BCUT2D eigenvalue weighted by molar-refractivity contribution is -0.192. The molecule has 2 saturated heterocycles. The number of halogens is 4. The number of aromatic nitrogens is 1. The molecule has 222 valence electrons. The van der Waals surface area contributed by atoms with Gasteiger partial charge in [-0.1, -0.05) is 18.2 Å². The molecule has 40 heavy (non-hydrogen) atoms. The highest BCUT2D eigenvalue weighted by Gasteiger charge is 2.45. The third-order valence-corrected chi connectivity index (χ3v) is 10.0. The molecule has 1 aromatic heterocycles. The molecule has 2 aliphatic heterocycles. The molecule has 4 rings (SSSR count). The topological polar surface area (TPSA) is 160 Å². The van der Waals surface area contributed by atoms with E-state index in [1.165, 1.54) is 14.7 Å². The summed E-state index contributed by atoms with van der Waals surface area (Å²) in [4.78, 5) is 13.0. The third kappa shape index (κ3) is 8.09. The van der Waals surface area contributed by atoms with E-state index in [1.807, 2.05) is 0 Å². The number of aliphatic carboxylic acids is 1. The van der Waals surface area contributed by atoms with Crippen LogP contribution in [0.25, 0.3) is 0 Å². The second-order valence-electron chi connectivity index (χ2n) is 9.06. The molecular formula is C23H28F4N4O7S2. The van der Waals surface area contributed by atoms with Crippen LogP contribution in [-0.4, -0.2) is 91.5 Å². The van der Waals surface area contributed by atoms with Gasteiger partial charge in [-0.05, 0) is 29.7 Å². The minimum atomic E-state index is -5.08. The Bertz CT molecular complexity index is 1390. The van der Waals surface area contributed by atoms with Gasteiger partial charge in [-0.3, -0.25) is 0 Å². The van der Waals surface area contributed by atoms with Crippen LogP contribution in [0.3, 0.4) is 0 Å². The maximum Gasteiger partial charge on any atom is 0.490 e. The molecule has 2 aliphatic rings. The zero-order valence-electron chi connectivity index (χ0n) is 21.0. The number of alkyl halides is 3. The fourth-order valence-electron chi connectivity index (χ4n) is 4.26. The molecule has 3 N–H and O–H groups in total. The number of rotatable bonds is 7. The highest BCUT2D eigenvalue weighted by atomic mass is 32.2. The van der Waals surface area contributed by atoms with Gasteiger partial charge in [0.15, 0.2) is 9.84 Å². The summed E-state index contributed by atoms with van der Waals surface area (Å²) >= 11 is 0. The number of carboxylic acids is 1. The van der Waals surface area contributed by atoms with Gasteiger partial charge >= 0.3 is 12.1 Å². The Morgan fingerprint density at radius 2 is 1.80 bits per heavy atom. The Morgan fingerprint density at radius 3 is 2.38 bits per heavy atom. The number of carboxylic acid groups (broad SMARTS) is 1. The Hall–Kier alpha value is -2.86. The van der Waals surface area contributed by atoms with Crippen LogP contribution in [-0.2, 0) is 31.4 Å². The van der Waals surface area contributed by atoms with E-state index < -0.39 is 38.2 Å². The van der Waals surface area contributed by atoms with Crippen LogP contribution in [0.5, 0.6) is 5.88 Å². The Labute approximate surface area is 228 Å². The lowest BCUT2D eigenvalue weighted by Gasteiger charge is -2.32. The zero-order valence-corrected chi connectivity index (χ0v) is 22.6. The summed E-state index contributed by atoms with van der Waals surface area (Å²) in [5, 5.41) is 7.12. The first-order valence-corrected chi connectivity index (χ1v) is 15.2. The standard InChI is InChI=1S/C21H27FN4O5S2.C2HF3O2/c22-20-4-2-1-3-19(20)17-12-18(15-31-21-11-16(13-23)5-6-24-21)26(14-17)33(29,30)25-7-9-32(27,28)10-8-25;3-2(4,5)1(6)7/h1-6,11,17-18H,7-10,12-15,23H2;(H,6,7)/t17-,18-;/m1./s1. The van der Waals surface area contributed by atoms with E-state index in [9.17, 15) is 34.4 Å². The SMILES string of the molecule is NCc1ccnc(OC[C@H]2C[C@@H](c3ccccc3F)CN2S(=O)(=O)N2CCS(=O)(=O)CC2)c1.O=C(O)C(F)(F)F. The summed E-state index contributed by atoms with van der Waals surface area (Å²) in [5.74, 6) is -3.60. The summed E-state index contributed by atoms with van der Waals surface area (Å²) in [6.07, 6.45) is -3.15. The number of nitrogens with zero attached hydrogens (tertiary/aromatic N) is 3. The van der Waals surface area contributed by atoms with E-state index in [2.05, 4.69) is 4.98 Å². The van der Waals surface area contributed by atoms with Crippen molar-refractivity contribution in [3.63, 3.8) is 0 Å². The van der Waals surface area contributed by atoms with Gasteiger partial charge in [0.2, 0.25) is 5.88 Å². The van der Waals surface area contributed by atoms with Crippen LogP contribution < -0.4 is 10.5 Å². The van der Waals surface area contributed by atoms with Crippen LogP contribution in [0.15, 0.2) is 42.6 Å². The van der Waals surface area contributed by atoms with Crippen molar-refractivity contribution in [3.05, 3.63) is 59.5 Å². The summed E-state index contributed by atoms with van der Waals surface area (Å²) in [7, 11) is -7.22. The third-order valence-electron chi connectivity index (χ3n) is 6.34. The molecule has 0 amide bonds. The number of sulfone groups is 1. The monoisotopic (exact) mass is 612 g/mol. The first kappa shape index (κ1) is 31.7. The summed E-state index contributed by atoms with van der Waals surface area (Å²) < 4.78 is 105. The van der Waals surface area contributed by atoms with Crippen molar-refractivity contribution in [3.8, 4) is 5.88 Å². The molecule has 17 heteroatoms. The van der Waals surface area contributed by atoms with Crippen molar-refractivity contribution in [2.24, 2.45) is 5.73 Å². The van der Waals surface area contributed by atoms with E-state index >= 15 is 0 Å². The molecule has 1 aromatic carbocycles. The molecule has 11 nitrogen and oxygen atoms in total. The molecule has 2 atom stereocenters. The van der Waals surface area contributed by atoms with Gasteiger partial charge in [0.05, 0.1) is 17.5 Å². The zero-order chi connectivity index (χ0) is 29.7. The Morgan fingerprint density at radius 1 is 1.18 bits per heavy atom. The Kier molecular flexibility index (Phi) is 10.1. The van der Waals surface area contributed by atoms with Gasteiger partial charge in [-0.2, -0.15) is 30.2 Å².